The third-order valence-corrected chi connectivity index (χ3v) is 7.84. The van der Waals surface area contributed by atoms with E-state index in [1.807, 2.05) is 42.0 Å². The van der Waals surface area contributed by atoms with Crippen LogP contribution in [0.3, 0.4) is 0 Å². The maximum atomic E-state index is 14.2. The van der Waals surface area contributed by atoms with Gasteiger partial charge in [-0.25, -0.2) is 4.98 Å². The summed E-state index contributed by atoms with van der Waals surface area (Å²) in [4.78, 5) is 23.7. The first-order valence-corrected chi connectivity index (χ1v) is 14.2. The molecule has 4 aromatic rings. The summed E-state index contributed by atoms with van der Waals surface area (Å²) < 4.78 is 13.4. The Balaban J connectivity index is 1.43. The lowest BCUT2D eigenvalue weighted by atomic mass is 9.98. The number of anilines is 1. The highest BCUT2D eigenvalue weighted by molar-refractivity contribution is 5.83. The molecule has 1 saturated carbocycles. The molecule has 2 aliphatic rings. The molecular weight excluding hydrogens is 492 g/mol. The molecular formula is C30H36N6O3. The molecule has 39 heavy (non-hydrogen) atoms. The van der Waals surface area contributed by atoms with Gasteiger partial charge in [0.05, 0.1) is 0 Å². The third-order valence-electron chi connectivity index (χ3n) is 7.84. The van der Waals surface area contributed by atoms with Gasteiger partial charge in [0.2, 0.25) is 17.7 Å². The standard InChI is InChI=1S/C30H36N6O3/c1-18(2)14-26-34-35-28(39-26)20-9-8-19(3)24(15-20)25-16-21-17-31-30(32-22-10-12-38-13-11-22)33-27(21)36(29(25)37)23-6-4-5-7-23/h8-9,15-18,22-23H,4-7,10-14H2,1-3H3,(H,31,32,33). The van der Waals surface area contributed by atoms with Gasteiger partial charge in [-0.05, 0) is 67.9 Å². The lowest BCUT2D eigenvalue weighted by molar-refractivity contribution is 0.0903. The Morgan fingerprint density at radius 3 is 2.62 bits per heavy atom. The van der Waals surface area contributed by atoms with Gasteiger partial charge >= 0.3 is 0 Å². The summed E-state index contributed by atoms with van der Waals surface area (Å²) in [5.74, 6) is 2.09. The van der Waals surface area contributed by atoms with E-state index in [0.29, 0.717) is 34.9 Å². The Labute approximate surface area is 228 Å². The van der Waals surface area contributed by atoms with Crippen LogP contribution in [0.5, 0.6) is 0 Å². The second kappa shape index (κ2) is 10.9. The number of pyridine rings is 1. The van der Waals surface area contributed by atoms with Gasteiger partial charge in [0, 0.05) is 54.4 Å². The van der Waals surface area contributed by atoms with Gasteiger partial charge in [0.25, 0.3) is 5.56 Å². The maximum Gasteiger partial charge on any atom is 0.260 e. The zero-order valence-electron chi connectivity index (χ0n) is 22.9. The number of nitrogens with one attached hydrogen (secondary N) is 1. The molecule has 9 heteroatoms. The smallest absolute Gasteiger partial charge is 0.260 e. The van der Waals surface area contributed by atoms with E-state index >= 15 is 0 Å². The molecule has 0 spiro atoms. The van der Waals surface area contributed by atoms with Crippen LogP contribution in [0.4, 0.5) is 5.95 Å². The molecule has 3 aromatic heterocycles. The van der Waals surface area contributed by atoms with Crippen molar-refractivity contribution >= 4 is 17.0 Å². The lowest BCUT2D eigenvalue weighted by Crippen LogP contribution is -2.29. The van der Waals surface area contributed by atoms with Crippen LogP contribution in [0.1, 0.15) is 69.9 Å². The Hall–Kier alpha value is -3.59. The summed E-state index contributed by atoms with van der Waals surface area (Å²) in [6.07, 6.45) is 8.60. The third kappa shape index (κ3) is 5.32. The topological polar surface area (TPSA) is 108 Å². The van der Waals surface area contributed by atoms with Gasteiger partial charge in [-0.2, -0.15) is 4.98 Å². The van der Waals surface area contributed by atoms with Crippen molar-refractivity contribution in [1.29, 1.82) is 0 Å². The number of ether oxygens (including phenoxy) is 1. The van der Waals surface area contributed by atoms with Gasteiger partial charge < -0.3 is 14.5 Å². The van der Waals surface area contributed by atoms with Crippen LogP contribution in [0.25, 0.3) is 33.6 Å². The van der Waals surface area contributed by atoms with Crippen LogP contribution in [-0.4, -0.2) is 44.0 Å². The summed E-state index contributed by atoms with van der Waals surface area (Å²) in [7, 11) is 0. The zero-order valence-corrected chi connectivity index (χ0v) is 22.9. The zero-order chi connectivity index (χ0) is 26.9. The molecule has 1 saturated heterocycles. The number of hydrogen-bond donors (Lipinski definition) is 1. The van der Waals surface area contributed by atoms with E-state index in [2.05, 4.69) is 34.3 Å². The van der Waals surface area contributed by atoms with Crippen molar-refractivity contribution in [3.63, 3.8) is 0 Å². The second-order valence-corrected chi connectivity index (χ2v) is 11.3. The Bertz CT molecular complexity index is 1530. The van der Waals surface area contributed by atoms with Crippen LogP contribution in [0.2, 0.25) is 0 Å². The van der Waals surface area contributed by atoms with Crippen molar-refractivity contribution in [3.8, 4) is 22.6 Å². The lowest BCUT2D eigenvalue weighted by Gasteiger charge is -2.23. The van der Waals surface area contributed by atoms with E-state index in [0.717, 1.165) is 80.2 Å². The van der Waals surface area contributed by atoms with Crippen molar-refractivity contribution in [1.82, 2.24) is 24.7 Å². The number of aryl methyl sites for hydroxylation is 1. The van der Waals surface area contributed by atoms with Crippen LogP contribution in [0, 0.1) is 12.8 Å². The molecule has 0 unspecified atom stereocenters. The average molecular weight is 529 g/mol. The van der Waals surface area contributed by atoms with Gasteiger partial charge in [0.15, 0.2) is 0 Å². The molecule has 1 N–H and O–H groups in total. The van der Waals surface area contributed by atoms with Crippen molar-refractivity contribution in [2.75, 3.05) is 18.5 Å². The quantitative estimate of drug-likeness (QED) is 0.324. The molecule has 1 aliphatic carbocycles. The van der Waals surface area contributed by atoms with Gasteiger partial charge in [0.1, 0.15) is 5.65 Å². The normalized spacial score (nSPS) is 16.9. The summed E-state index contributed by atoms with van der Waals surface area (Å²) >= 11 is 0. The Kier molecular flexibility index (Phi) is 7.16. The van der Waals surface area contributed by atoms with E-state index in [1.54, 1.807) is 0 Å². The number of rotatable bonds is 7. The molecule has 4 heterocycles. The minimum absolute atomic E-state index is 0.0172. The molecule has 9 nitrogen and oxygen atoms in total. The highest BCUT2D eigenvalue weighted by Crippen LogP contribution is 2.34. The molecule has 204 valence electrons. The maximum absolute atomic E-state index is 14.2. The van der Waals surface area contributed by atoms with E-state index in [4.69, 9.17) is 14.1 Å². The van der Waals surface area contributed by atoms with Crippen LogP contribution in [-0.2, 0) is 11.2 Å². The summed E-state index contributed by atoms with van der Waals surface area (Å²) in [5.41, 5.74) is 4.00. The van der Waals surface area contributed by atoms with Crippen molar-refractivity contribution in [3.05, 3.63) is 52.3 Å². The van der Waals surface area contributed by atoms with E-state index < -0.39 is 0 Å². The number of benzene rings is 1. The molecule has 2 fully saturated rings. The number of fused-ring (bicyclic) bond motifs is 1. The molecule has 1 aliphatic heterocycles. The fraction of sp³-hybridized carbons (Fsp3) is 0.500. The molecule has 0 atom stereocenters. The van der Waals surface area contributed by atoms with Crippen LogP contribution >= 0.6 is 0 Å². The van der Waals surface area contributed by atoms with Crippen LogP contribution in [0.15, 0.2) is 39.7 Å². The summed E-state index contributed by atoms with van der Waals surface area (Å²) in [6.45, 7) is 7.75. The van der Waals surface area contributed by atoms with E-state index in [9.17, 15) is 4.79 Å². The molecule has 1 aromatic carbocycles. The predicted octanol–water partition coefficient (Wildman–Crippen LogP) is 5.72. The second-order valence-electron chi connectivity index (χ2n) is 11.3. The van der Waals surface area contributed by atoms with Crippen molar-refractivity contribution < 1.29 is 9.15 Å². The molecule has 0 bridgehead atoms. The first kappa shape index (κ1) is 25.7. The minimum atomic E-state index is -0.0172. The largest absolute Gasteiger partial charge is 0.421 e. The summed E-state index contributed by atoms with van der Waals surface area (Å²) in [5, 5.41) is 12.8. The molecule has 0 radical (unpaired) electrons. The molecule has 6 rings (SSSR count). The van der Waals surface area contributed by atoms with Crippen molar-refractivity contribution in [2.45, 2.75) is 77.8 Å². The summed E-state index contributed by atoms with van der Waals surface area (Å²) in [6, 6.07) is 8.32. The number of aromatic nitrogens is 5. The fourth-order valence-corrected chi connectivity index (χ4v) is 5.76. The monoisotopic (exact) mass is 528 g/mol. The predicted molar refractivity (Wildman–Crippen MR) is 151 cm³/mol. The van der Waals surface area contributed by atoms with E-state index in [-0.39, 0.29) is 17.6 Å². The Morgan fingerprint density at radius 2 is 1.85 bits per heavy atom. The molecule has 0 amide bonds. The average Bonchev–Trinajstić information content (AvgIpc) is 3.62. The van der Waals surface area contributed by atoms with Crippen LogP contribution < -0.4 is 10.9 Å². The minimum Gasteiger partial charge on any atom is -0.421 e. The van der Waals surface area contributed by atoms with Gasteiger partial charge in [-0.3, -0.25) is 9.36 Å². The van der Waals surface area contributed by atoms with E-state index in [1.165, 1.54) is 0 Å². The van der Waals surface area contributed by atoms with Gasteiger partial charge in [-0.15, -0.1) is 10.2 Å². The Morgan fingerprint density at radius 1 is 1.05 bits per heavy atom. The highest BCUT2D eigenvalue weighted by atomic mass is 16.5. The fourth-order valence-electron chi connectivity index (χ4n) is 5.76. The van der Waals surface area contributed by atoms with Crippen molar-refractivity contribution in [2.24, 2.45) is 5.92 Å². The highest BCUT2D eigenvalue weighted by Gasteiger charge is 2.25. The number of hydrogen-bond acceptors (Lipinski definition) is 8. The first-order chi connectivity index (χ1) is 19.0. The SMILES string of the molecule is Cc1ccc(-c2nnc(CC(C)C)o2)cc1-c1cc2cnc(NC3CCOCC3)nc2n(C2CCCC2)c1=O. The van der Waals surface area contributed by atoms with Gasteiger partial charge in [-0.1, -0.05) is 32.8 Å². The first-order valence-electron chi connectivity index (χ1n) is 14.2. The number of nitrogens with zero attached hydrogens (tertiary/aromatic N) is 5.